The quantitative estimate of drug-likeness (QED) is 0.514. The molecule has 0 unspecified atom stereocenters. The molecule has 1 fully saturated rings. The van der Waals surface area contributed by atoms with Gasteiger partial charge in [0.15, 0.2) is 0 Å². The van der Waals surface area contributed by atoms with Crippen molar-refractivity contribution in [1.82, 2.24) is 24.6 Å². The fourth-order valence-electron chi connectivity index (χ4n) is 3.87. The van der Waals surface area contributed by atoms with Crippen molar-refractivity contribution in [3.8, 4) is 5.69 Å². The molecule has 9 nitrogen and oxygen atoms in total. The Bertz CT molecular complexity index is 1360. The van der Waals surface area contributed by atoms with Crippen LogP contribution in [0.4, 0.5) is 13.2 Å². The Morgan fingerprint density at radius 1 is 1.03 bits per heavy atom. The highest BCUT2D eigenvalue weighted by Gasteiger charge is 2.30. The third-order valence-electron chi connectivity index (χ3n) is 5.99. The maximum atomic E-state index is 13.2. The van der Waals surface area contributed by atoms with Gasteiger partial charge >= 0.3 is 11.9 Å². The summed E-state index contributed by atoms with van der Waals surface area (Å²) in [7, 11) is 0. The number of carbonyl (C=O) groups is 1. The van der Waals surface area contributed by atoms with Gasteiger partial charge in [-0.05, 0) is 36.8 Å². The van der Waals surface area contributed by atoms with Crippen molar-refractivity contribution < 1.29 is 22.7 Å². The lowest BCUT2D eigenvalue weighted by Gasteiger charge is -2.26. The van der Waals surface area contributed by atoms with Crippen LogP contribution in [0, 0.1) is 6.92 Å². The van der Waals surface area contributed by atoms with Crippen molar-refractivity contribution in [1.29, 1.82) is 0 Å². The van der Waals surface area contributed by atoms with Gasteiger partial charge in [-0.1, -0.05) is 29.8 Å². The van der Waals surface area contributed by atoms with Crippen LogP contribution in [-0.4, -0.2) is 64.5 Å². The number of halogens is 3. The number of nitrogens with zero attached hydrogens (tertiary/aromatic N) is 4. The highest BCUT2D eigenvalue weighted by atomic mass is 19.4. The fourth-order valence-corrected chi connectivity index (χ4v) is 3.87. The van der Waals surface area contributed by atoms with E-state index in [1.165, 1.54) is 0 Å². The van der Waals surface area contributed by atoms with E-state index in [0.29, 0.717) is 25.3 Å². The largest absolute Gasteiger partial charge is 0.416 e. The summed E-state index contributed by atoms with van der Waals surface area (Å²) in [6, 6.07) is 10.9. The molecule has 37 heavy (non-hydrogen) atoms. The summed E-state index contributed by atoms with van der Waals surface area (Å²) in [5.41, 5.74) is -1.61. The second-order valence-electron chi connectivity index (χ2n) is 8.67. The third-order valence-corrected chi connectivity index (χ3v) is 5.99. The van der Waals surface area contributed by atoms with Gasteiger partial charge in [0, 0.05) is 26.2 Å². The fraction of sp³-hybridized carbons (Fsp3) is 0.360. The predicted octanol–water partition coefficient (Wildman–Crippen LogP) is 1.83. The Hall–Kier alpha value is -3.77. The van der Waals surface area contributed by atoms with E-state index in [1.807, 2.05) is 19.1 Å². The van der Waals surface area contributed by atoms with Gasteiger partial charge in [0.1, 0.15) is 0 Å². The average Bonchev–Trinajstić information content (AvgIpc) is 2.88. The van der Waals surface area contributed by atoms with Gasteiger partial charge in [-0.3, -0.25) is 19.1 Å². The zero-order valence-electron chi connectivity index (χ0n) is 20.1. The molecule has 12 heteroatoms. The third kappa shape index (κ3) is 6.33. The Morgan fingerprint density at radius 3 is 2.30 bits per heavy atom. The van der Waals surface area contributed by atoms with Crippen molar-refractivity contribution in [2.75, 3.05) is 39.4 Å². The smallest absolute Gasteiger partial charge is 0.379 e. The normalized spacial score (nSPS) is 14.5. The van der Waals surface area contributed by atoms with E-state index < -0.39 is 34.6 Å². The van der Waals surface area contributed by atoms with E-state index in [1.54, 1.807) is 12.1 Å². The number of nitrogens with one attached hydrogen (secondary N) is 1. The number of carbonyl (C=O) groups excluding carboxylic acids is 1. The zero-order chi connectivity index (χ0) is 26.6. The molecule has 2 aromatic carbocycles. The molecule has 0 saturated carbocycles. The molecular weight excluding hydrogens is 491 g/mol. The molecule has 0 spiro atoms. The summed E-state index contributed by atoms with van der Waals surface area (Å²) in [5.74, 6) is -0.781. The molecule has 1 N–H and O–H groups in total. The Kier molecular flexibility index (Phi) is 7.89. The van der Waals surface area contributed by atoms with Crippen molar-refractivity contribution in [2.24, 2.45) is 0 Å². The number of hydrogen-bond donors (Lipinski definition) is 1. The monoisotopic (exact) mass is 517 g/mol. The molecule has 1 aromatic heterocycles. The number of amides is 1. The first kappa shape index (κ1) is 26.3. The summed E-state index contributed by atoms with van der Waals surface area (Å²) in [4.78, 5) is 41.5. The SMILES string of the molecule is Cc1ccc(Cn2c(=O)c(C(=O)NCCN3CCOCC3)nn(-c3ccc(C(F)(F)F)cc3)c2=O)cc1. The van der Waals surface area contributed by atoms with Crippen LogP contribution in [0.3, 0.4) is 0 Å². The topological polar surface area (TPSA) is 98.5 Å². The molecule has 1 aliphatic rings. The van der Waals surface area contributed by atoms with E-state index in [2.05, 4.69) is 15.3 Å². The highest BCUT2D eigenvalue weighted by Crippen LogP contribution is 2.29. The Morgan fingerprint density at radius 2 is 1.68 bits per heavy atom. The van der Waals surface area contributed by atoms with Crippen LogP contribution in [0.15, 0.2) is 58.1 Å². The molecule has 0 aliphatic carbocycles. The van der Waals surface area contributed by atoms with Crippen LogP contribution in [0.1, 0.15) is 27.2 Å². The number of morpholine rings is 1. The average molecular weight is 518 g/mol. The number of aryl methyl sites for hydroxylation is 1. The van der Waals surface area contributed by atoms with Gasteiger partial charge in [0.2, 0.25) is 5.69 Å². The second-order valence-corrected chi connectivity index (χ2v) is 8.67. The van der Waals surface area contributed by atoms with Crippen LogP contribution in [-0.2, 0) is 17.5 Å². The standard InChI is InChI=1S/C25H26F3N5O4/c1-17-2-4-18(5-3-17)16-32-23(35)21(22(34)29-10-11-31-12-14-37-15-13-31)30-33(24(32)36)20-8-6-19(7-9-20)25(26,27)28/h2-9H,10-16H2,1H3,(H,29,34). The molecule has 1 aliphatic heterocycles. The van der Waals surface area contributed by atoms with Gasteiger partial charge < -0.3 is 10.1 Å². The van der Waals surface area contributed by atoms with E-state index >= 15 is 0 Å². The van der Waals surface area contributed by atoms with Crippen molar-refractivity contribution in [3.05, 3.63) is 91.8 Å². The zero-order valence-corrected chi connectivity index (χ0v) is 20.1. The molecule has 1 saturated heterocycles. The summed E-state index contributed by atoms with van der Waals surface area (Å²) >= 11 is 0. The molecule has 3 aromatic rings. The number of aromatic nitrogens is 3. The van der Waals surface area contributed by atoms with Gasteiger partial charge in [0.25, 0.3) is 11.5 Å². The molecule has 0 radical (unpaired) electrons. The van der Waals surface area contributed by atoms with E-state index in [9.17, 15) is 27.6 Å². The summed E-state index contributed by atoms with van der Waals surface area (Å²) < 4.78 is 46.0. The van der Waals surface area contributed by atoms with E-state index in [4.69, 9.17) is 4.74 Å². The number of alkyl halides is 3. The number of hydrogen-bond acceptors (Lipinski definition) is 6. The van der Waals surface area contributed by atoms with Crippen LogP contribution >= 0.6 is 0 Å². The Balaban J connectivity index is 1.68. The van der Waals surface area contributed by atoms with Gasteiger partial charge in [-0.15, -0.1) is 0 Å². The molecule has 0 bridgehead atoms. The second kappa shape index (κ2) is 11.1. The summed E-state index contributed by atoms with van der Waals surface area (Å²) in [5, 5.41) is 6.61. The molecule has 0 atom stereocenters. The lowest BCUT2D eigenvalue weighted by Crippen LogP contribution is -2.47. The minimum Gasteiger partial charge on any atom is -0.379 e. The molecule has 196 valence electrons. The predicted molar refractivity (Wildman–Crippen MR) is 129 cm³/mol. The van der Waals surface area contributed by atoms with E-state index in [0.717, 1.165) is 52.2 Å². The number of rotatable bonds is 7. The maximum absolute atomic E-state index is 13.2. The van der Waals surface area contributed by atoms with Crippen molar-refractivity contribution in [2.45, 2.75) is 19.6 Å². The minimum atomic E-state index is -4.56. The lowest BCUT2D eigenvalue weighted by molar-refractivity contribution is -0.137. The molecule has 1 amide bonds. The summed E-state index contributed by atoms with van der Waals surface area (Å²) in [6.07, 6.45) is -4.56. The lowest BCUT2D eigenvalue weighted by atomic mass is 10.1. The summed E-state index contributed by atoms with van der Waals surface area (Å²) in [6.45, 7) is 5.14. The van der Waals surface area contributed by atoms with Gasteiger partial charge in [-0.25, -0.2) is 4.79 Å². The first-order valence-electron chi connectivity index (χ1n) is 11.7. The minimum absolute atomic E-state index is 0.0157. The maximum Gasteiger partial charge on any atom is 0.416 e. The van der Waals surface area contributed by atoms with Crippen LogP contribution in [0.25, 0.3) is 5.69 Å². The number of ether oxygens (including phenoxy) is 1. The van der Waals surface area contributed by atoms with Crippen molar-refractivity contribution >= 4 is 5.91 Å². The molecule has 2 heterocycles. The first-order valence-corrected chi connectivity index (χ1v) is 11.7. The van der Waals surface area contributed by atoms with Gasteiger partial charge in [-0.2, -0.15) is 23.0 Å². The van der Waals surface area contributed by atoms with Gasteiger partial charge in [0.05, 0.1) is 31.0 Å². The molecular formula is C25H26F3N5O4. The number of benzene rings is 2. The van der Waals surface area contributed by atoms with Crippen LogP contribution in [0.5, 0.6) is 0 Å². The van der Waals surface area contributed by atoms with Crippen LogP contribution in [0.2, 0.25) is 0 Å². The Labute approximate surface area is 210 Å². The van der Waals surface area contributed by atoms with E-state index in [-0.39, 0.29) is 18.8 Å². The molecule has 4 rings (SSSR count). The van der Waals surface area contributed by atoms with Crippen LogP contribution < -0.4 is 16.6 Å². The van der Waals surface area contributed by atoms with Crippen molar-refractivity contribution in [3.63, 3.8) is 0 Å². The highest BCUT2D eigenvalue weighted by molar-refractivity contribution is 5.91. The first-order chi connectivity index (χ1) is 17.6.